The van der Waals surface area contributed by atoms with Crippen molar-refractivity contribution in [2.45, 2.75) is 20.8 Å². The van der Waals surface area contributed by atoms with Gasteiger partial charge in [-0.25, -0.2) is 0 Å². The van der Waals surface area contributed by atoms with Gasteiger partial charge in [-0.05, 0) is 38.5 Å². The Hall–Kier alpha value is -1.31. The zero-order valence-corrected chi connectivity index (χ0v) is 7.51. The summed E-state index contributed by atoms with van der Waals surface area (Å²) in [7, 11) is 0. The van der Waals surface area contributed by atoms with Crippen molar-refractivity contribution >= 4 is 5.78 Å². The molecule has 0 atom stereocenters. The van der Waals surface area contributed by atoms with E-state index in [0.717, 1.165) is 5.56 Å². The summed E-state index contributed by atoms with van der Waals surface area (Å²) < 4.78 is 0. The van der Waals surface area contributed by atoms with E-state index >= 15 is 0 Å². The molecule has 0 aromatic heterocycles. The fourth-order valence-electron chi connectivity index (χ4n) is 1.21. The van der Waals surface area contributed by atoms with E-state index in [2.05, 4.69) is 0 Å². The number of hydrogen-bond donors (Lipinski definition) is 1. The first-order chi connectivity index (χ1) is 5.52. The maximum atomic E-state index is 11.1. The van der Waals surface area contributed by atoms with Gasteiger partial charge in [0.25, 0.3) is 0 Å². The summed E-state index contributed by atoms with van der Waals surface area (Å²) in [5.41, 5.74) is 2.17. The van der Waals surface area contributed by atoms with Crippen molar-refractivity contribution in [3.8, 4) is 5.75 Å². The molecule has 0 heterocycles. The zero-order chi connectivity index (χ0) is 9.30. The third kappa shape index (κ3) is 1.47. The van der Waals surface area contributed by atoms with Gasteiger partial charge in [0.15, 0.2) is 5.78 Å². The number of benzene rings is 1. The van der Waals surface area contributed by atoms with Gasteiger partial charge in [-0.1, -0.05) is 0 Å². The van der Waals surface area contributed by atoms with Crippen molar-refractivity contribution in [3.05, 3.63) is 28.8 Å². The molecule has 0 spiro atoms. The summed E-state index contributed by atoms with van der Waals surface area (Å²) in [5, 5.41) is 9.38. The van der Waals surface area contributed by atoms with Gasteiger partial charge in [-0.2, -0.15) is 0 Å². The van der Waals surface area contributed by atoms with Crippen molar-refractivity contribution in [2.24, 2.45) is 0 Å². The molecule has 0 aliphatic rings. The van der Waals surface area contributed by atoms with Gasteiger partial charge in [0.05, 0.1) is 0 Å². The molecule has 0 amide bonds. The summed E-state index contributed by atoms with van der Waals surface area (Å²) >= 11 is 0. The monoisotopic (exact) mass is 164 g/mol. The maximum Gasteiger partial charge on any atom is 0.160 e. The van der Waals surface area contributed by atoms with E-state index in [9.17, 15) is 9.90 Å². The van der Waals surface area contributed by atoms with E-state index in [-0.39, 0.29) is 11.5 Å². The van der Waals surface area contributed by atoms with Crippen LogP contribution in [-0.4, -0.2) is 10.9 Å². The summed E-state index contributed by atoms with van der Waals surface area (Å²) in [4.78, 5) is 11.1. The molecule has 1 rings (SSSR count). The quantitative estimate of drug-likeness (QED) is 0.646. The molecule has 0 fully saturated rings. The normalized spacial score (nSPS) is 9.92. The van der Waals surface area contributed by atoms with Crippen LogP contribution in [-0.2, 0) is 0 Å². The molecule has 1 aromatic carbocycles. The summed E-state index contributed by atoms with van der Waals surface area (Å²) in [6.45, 7) is 5.10. The summed E-state index contributed by atoms with van der Waals surface area (Å²) in [6.07, 6.45) is 0. The van der Waals surface area contributed by atoms with E-state index in [4.69, 9.17) is 0 Å². The highest BCUT2D eigenvalue weighted by atomic mass is 16.3. The van der Waals surface area contributed by atoms with Crippen molar-refractivity contribution in [3.63, 3.8) is 0 Å². The van der Waals surface area contributed by atoms with Gasteiger partial charge in [-0.3, -0.25) is 4.79 Å². The van der Waals surface area contributed by atoms with Crippen molar-refractivity contribution in [1.82, 2.24) is 0 Å². The molecule has 12 heavy (non-hydrogen) atoms. The lowest BCUT2D eigenvalue weighted by Gasteiger charge is -2.05. The Morgan fingerprint density at radius 1 is 1.33 bits per heavy atom. The Balaban J connectivity index is 3.37. The minimum Gasteiger partial charge on any atom is -0.508 e. The van der Waals surface area contributed by atoms with Gasteiger partial charge < -0.3 is 5.11 Å². The molecular formula is C10H12O2. The standard InChI is InChI=1S/C10H12O2/c1-6-4-9(8(3)11)7(2)10(12)5-6/h4-5,12H,1-3H3. The number of phenols is 1. The lowest BCUT2D eigenvalue weighted by molar-refractivity contribution is 0.101. The van der Waals surface area contributed by atoms with Crippen LogP contribution in [0.25, 0.3) is 0 Å². The average molecular weight is 164 g/mol. The fourth-order valence-corrected chi connectivity index (χ4v) is 1.21. The lowest BCUT2D eigenvalue weighted by Crippen LogP contribution is -1.96. The largest absolute Gasteiger partial charge is 0.508 e. The van der Waals surface area contributed by atoms with Crippen LogP contribution in [0, 0.1) is 13.8 Å². The number of hydrogen-bond acceptors (Lipinski definition) is 2. The van der Waals surface area contributed by atoms with Crippen LogP contribution < -0.4 is 0 Å². The molecule has 0 aliphatic heterocycles. The van der Waals surface area contributed by atoms with E-state index in [0.29, 0.717) is 11.1 Å². The van der Waals surface area contributed by atoms with Gasteiger partial charge in [0, 0.05) is 11.1 Å². The Labute approximate surface area is 71.8 Å². The average Bonchev–Trinajstić information content (AvgIpc) is 1.96. The molecule has 0 saturated heterocycles. The lowest BCUT2D eigenvalue weighted by atomic mass is 10.0. The molecule has 1 N–H and O–H groups in total. The molecule has 0 unspecified atom stereocenters. The maximum absolute atomic E-state index is 11.1. The van der Waals surface area contributed by atoms with Crippen LogP contribution >= 0.6 is 0 Å². The highest BCUT2D eigenvalue weighted by Crippen LogP contribution is 2.22. The molecule has 2 heteroatoms. The Bertz CT molecular complexity index is 327. The second kappa shape index (κ2) is 2.97. The van der Waals surface area contributed by atoms with Crippen LogP contribution in [0.1, 0.15) is 28.4 Å². The smallest absolute Gasteiger partial charge is 0.160 e. The minimum absolute atomic E-state index is 0.00787. The zero-order valence-electron chi connectivity index (χ0n) is 7.51. The van der Waals surface area contributed by atoms with E-state index in [1.165, 1.54) is 6.92 Å². The van der Waals surface area contributed by atoms with Gasteiger partial charge in [-0.15, -0.1) is 0 Å². The van der Waals surface area contributed by atoms with Gasteiger partial charge >= 0.3 is 0 Å². The molecule has 0 aliphatic carbocycles. The highest BCUT2D eigenvalue weighted by molar-refractivity contribution is 5.96. The minimum atomic E-state index is -0.00787. The molecule has 0 saturated carbocycles. The van der Waals surface area contributed by atoms with Crippen molar-refractivity contribution in [2.75, 3.05) is 0 Å². The fraction of sp³-hybridized carbons (Fsp3) is 0.300. The number of aryl methyl sites for hydroxylation is 1. The van der Waals surface area contributed by atoms with Crippen LogP contribution in [0.5, 0.6) is 5.75 Å². The second-order valence-corrected chi connectivity index (χ2v) is 3.01. The highest BCUT2D eigenvalue weighted by Gasteiger charge is 2.07. The Morgan fingerprint density at radius 3 is 2.42 bits per heavy atom. The number of rotatable bonds is 1. The first-order valence-electron chi connectivity index (χ1n) is 3.83. The van der Waals surface area contributed by atoms with Crippen LogP contribution in [0.2, 0.25) is 0 Å². The van der Waals surface area contributed by atoms with E-state index in [1.54, 1.807) is 19.1 Å². The van der Waals surface area contributed by atoms with Gasteiger partial charge in [0.1, 0.15) is 5.75 Å². The number of ketones is 1. The van der Waals surface area contributed by atoms with Crippen LogP contribution in [0.3, 0.4) is 0 Å². The summed E-state index contributed by atoms with van der Waals surface area (Å²) in [6, 6.07) is 3.44. The van der Waals surface area contributed by atoms with Crippen molar-refractivity contribution < 1.29 is 9.90 Å². The number of phenolic OH excluding ortho intramolecular Hbond substituents is 1. The summed E-state index contributed by atoms with van der Waals surface area (Å²) in [5.74, 6) is 0.187. The third-order valence-electron chi connectivity index (χ3n) is 1.90. The number of Topliss-reactive ketones (excluding diaryl/α,β-unsaturated/α-hetero) is 1. The number of carbonyl (C=O) groups is 1. The Morgan fingerprint density at radius 2 is 1.92 bits per heavy atom. The van der Waals surface area contributed by atoms with E-state index < -0.39 is 0 Å². The Kier molecular flexibility index (Phi) is 2.18. The molecule has 2 nitrogen and oxygen atoms in total. The molecule has 64 valence electrons. The number of aromatic hydroxyl groups is 1. The second-order valence-electron chi connectivity index (χ2n) is 3.01. The first-order valence-corrected chi connectivity index (χ1v) is 3.83. The van der Waals surface area contributed by atoms with Crippen LogP contribution in [0.4, 0.5) is 0 Å². The molecule has 0 bridgehead atoms. The van der Waals surface area contributed by atoms with E-state index in [1.807, 2.05) is 6.92 Å². The van der Waals surface area contributed by atoms with Gasteiger partial charge in [0.2, 0.25) is 0 Å². The SMILES string of the molecule is CC(=O)c1cc(C)cc(O)c1C. The van der Waals surface area contributed by atoms with Crippen LogP contribution in [0.15, 0.2) is 12.1 Å². The third-order valence-corrected chi connectivity index (χ3v) is 1.90. The van der Waals surface area contributed by atoms with Crippen molar-refractivity contribution in [1.29, 1.82) is 0 Å². The predicted molar refractivity (Wildman–Crippen MR) is 47.6 cm³/mol. The number of carbonyl (C=O) groups excluding carboxylic acids is 1. The molecule has 0 radical (unpaired) electrons. The predicted octanol–water partition coefficient (Wildman–Crippen LogP) is 2.21. The molecule has 1 aromatic rings. The first kappa shape index (κ1) is 8.78. The molecular weight excluding hydrogens is 152 g/mol. The topological polar surface area (TPSA) is 37.3 Å².